The fourth-order valence-corrected chi connectivity index (χ4v) is 6.15. The van der Waals surface area contributed by atoms with Gasteiger partial charge in [-0.15, -0.1) is 11.3 Å². The van der Waals surface area contributed by atoms with Crippen molar-refractivity contribution in [2.75, 3.05) is 18.0 Å². The minimum Gasteiger partial charge on any atom is -0.383 e. The highest BCUT2D eigenvalue weighted by atomic mass is 32.2. The van der Waals surface area contributed by atoms with Gasteiger partial charge >= 0.3 is 0 Å². The quantitative estimate of drug-likeness (QED) is 0.476. The molecular weight excluding hydrogens is 428 g/mol. The maximum Gasteiger partial charge on any atom is 0.233 e. The van der Waals surface area contributed by atoms with E-state index in [1.54, 1.807) is 17.5 Å². The standard InChI is InChI=1S/C22H22N6OS2/c1-13-7-14(2)9-15(8-13)28-6-4-24-22(28)30-11-18(29)27-5-3-16-17(10-27)31-21-19(16)20(23)25-12-26-21/h4,6-9,12H,3,5,10-11H2,1-2H3,(H2,23,25,26). The molecule has 0 saturated carbocycles. The number of benzene rings is 1. The zero-order chi connectivity index (χ0) is 21.5. The van der Waals surface area contributed by atoms with Crippen molar-refractivity contribution in [3.8, 4) is 5.69 Å². The Balaban J connectivity index is 1.30. The number of amides is 1. The van der Waals surface area contributed by atoms with Crippen LogP contribution in [0.25, 0.3) is 15.9 Å². The van der Waals surface area contributed by atoms with Gasteiger partial charge < -0.3 is 10.6 Å². The van der Waals surface area contributed by atoms with E-state index in [1.165, 1.54) is 34.8 Å². The minimum atomic E-state index is 0.113. The number of aryl methyl sites for hydroxylation is 2. The van der Waals surface area contributed by atoms with Crippen LogP contribution in [0.15, 0.2) is 42.1 Å². The third-order valence-electron chi connectivity index (χ3n) is 5.44. The summed E-state index contributed by atoms with van der Waals surface area (Å²) in [5, 5.41) is 1.78. The van der Waals surface area contributed by atoms with E-state index < -0.39 is 0 Å². The number of nitrogen functional groups attached to an aromatic ring is 1. The van der Waals surface area contributed by atoms with Crippen molar-refractivity contribution in [2.24, 2.45) is 0 Å². The lowest BCUT2D eigenvalue weighted by molar-refractivity contribution is -0.129. The summed E-state index contributed by atoms with van der Waals surface area (Å²) in [7, 11) is 0. The summed E-state index contributed by atoms with van der Waals surface area (Å²) in [6.45, 7) is 5.45. The minimum absolute atomic E-state index is 0.113. The SMILES string of the molecule is Cc1cc(C)cc(-n2ccnc2SCC(=O)N2CCc3c(sc4ncnc(N)c34)C2)c1. The number of thioether (sulfide) groups is 1. The van der Waals surface area contributed by atoms with Gasteiger partial charge in [0.2, 0.25) is 5.91 Å². The average molecular weight is 451 g/mol. The molecule has 1 aliphatic heterocycles. The van der Waals surface area contributed by atoms with E-state index in [0.29, 0.717) is 24.7 Å². The number of hydrogen-bond donors (Lipinski definition) is 1. The molecule has 1 amide bonds. The van der Waals surface area contributed by atoms with Crippen molar-refractivity contribution in [2.45, 2.75) is 32.0 Å². The summed E-state index contributed by atoms with van der Waals surface area (Å²) >= 11 is 3.08. The first kappa shape index (κ1) is 20.0. The predicted octanol–water partition coefficient (Wildman–Crippen LogP) is 3.75. The summed E-state index contributed by atoms with van der Waals surface area (Å²) in [5.41, 5.74) is 10.7. The number of nitrogens with zero attached hydrogens (tertiary/aromatic N) is 5. The first-order valence-corrected chi connectivity index (χ1v) is 11.8. The highest BCUT2D eigenvalue weighted by molar-refractivity contribution is 7.99. The number of nitrogens with two attached hydrogens (primary N) is 1. The molecule has 1 aliphatic rings. The van der Waals surface area contributed by atoms with Gasteiger partial charge in [0.25, 0.3) is 0 Å². The second-order valence-electron chi connectivity index (χ2n) is 7.72. The van der Waals surface area contributed by atoms with Gasteiger partial charge in [-0.2, -0.15) is 0 Å². The number of thiophene rings is 1. The molecule has 31 heavy (non-hydrogen) atoms. The molecule has 0 aliphatic carbocycles. The number of aromatic nitrogens is 4. The van der Waals surface area contributed by atoms with Crippen LogP contribution >= 0.6 is 23.1 Å². The van der Waals surface area contributed by atoms with Crippen molar-refractivity contribution in [1.29, 1.82) is 0 Å². The number of imidazole rings is 1. The Morgan fingerprint density at radius 2 is 2.00 bits per heavy atom. The van der Waals surface area contributed by atoms with Crippen LogP contribution in [0.2, 0.25) is 0 Å². The van der Waals surface area contributed by atoms with Crippen molar-refractivity contribution >= 4 is 45.0 Å². The molecule has 0 bridgehead atoms. The Bertz CT molecular complexity index is 1270. The van der Waals surface area contributed by atoms with Gasteiger partial charge in [0.1, 0.15) is 17.0 Å². The average Bonchev–Trinajstić information content (AvgIpc) is 3.35. The van der Waals surface area contributed by atoms with Gasteiger partial charge in [-0.05, 0) is 49.1 Å². The van der Waals surface area contributed by atoms with Gasteiger partial charge in [-0.25, -0.2) is 15.0 Å². The van der Waals surface area contributed by atoms with Crippen LogP contribution in [0.5, 0.6) is 0 Å². The first-order chi connectivity index (χ1) is 15.0. The summed E-state index contributed by atoms with van der Waals surface area (Å²) in [5.74, 6) is 0.988. The molecule has 9 heteroatoms. The van der Waals surface area contributed by atoms with Crippen LogP contribution in [0.3, 0.4) is 0 Å². The predicted molar refractivity (Wildman–Crippen MR) is 125 cm³/mol. The molecule has 158 valence electrons. The molecular formula is C22H22N6OS2. The second kappa shape index (κ2) is 7.97. The van der Waals surface area contributed by atoms with Crippen LogP contribution < -0.4 is 5.73 Å². The lowest BCUT2D eigenvalue weighted by Crippen LogP contribution is -2.36. The Kier molecular flexibility index (Phi) is 5.15. The molecule has 3 aromatic heterocycles. The number of carbonyl (C=O) groups is 1. The van der Waals surface area contributed by atoms with Crippen LogP contribution in [0.1, 0.15) is 21.6 Å². The molecule has 0 spiro atoms. The summed E-state index contributed by atoms with van der Waals surface area (Å²) < 4.78 is 2.04. The van der Waals surface area contributed by atoms with Gasteiger partial charge in [-0.3, -0.25) is 9.36 Å². The Hall–Kier alpha value is -2.91. The summed E-state index contributed by atoms with van der Waals surface area (Å²) in [4.78, 5) is 29.9. The van der Waals surface area contributed by atoms with Gasteiger partial charge in [0, 0.05) is 29.5 Å². The molecule has 5 rings (SSSR count). The van der Waals surface area contributed by atoms with Crippen molar-refractivity contribution in [1.82, 2.24) is 24.4 Å². The topological polar surface area (TPSA) is 89.9 Å². The highest BCUT2D eigenvalue weighted by Gasteiger charge is 2.26. The smallest absolute Gasteiger partial charge is 0.233 e. The normalized spacial score (nSPS) is 13.5. The van der Waals surface area contributed by atoms with E-state index in [2.05, 4.69) is 47.0 Å². The largest absolute Gasteiger partial charge is 0.383 e. The fraction of sp³-hybridized carbons (Fsp3) is 0.273. The van der Waals surface area contributed by atoms with Crippen molar-refractivity contribution in [3.05, 3.63) is 58.5 Å². The fourth-order valence-electron chi connectivity index (χ4n) is 4.07. The molecule has 2 N–H and O–H groups in total. The molecule has 0 atom stereocenters. The Morgan fingerprint density at radius 1 is 1.19 bits per heavy atom. The maximum absolute atomic E-state index is 13.0. The number of rotatable bonds is 4. The number of anilines is 1. The first-order valence-electron chi connectivity index (χ1n) is 10.0. The molecule has 0 fully saturated rings. The lowest BCUT2D eigenvalue weighted by atomic mass is 10.1. The van der Waals surface area contributed by atoms with Gasteiger partial charge in [0.05, 0.1) is 17.7 Å². The highest BCUT2D eigenvalue weighted by Crippen LogP contribution is 2.36. The maximum atomic E-state index is 13.0. The molecule has 0 saturated heterocycles. The van der Waals surface area contributed by atoms with E-state index in [4.69, 9.17) is 5.73 Å². The molecule has 4 heterocycles. The van der Waals surface area contributed by atoms with Crippen LogP contribution in [0, 0.1) is 13.8 Å². The van der Waals surface area contributed by atoms with Crippen molar-refractivity contribution < 1.29 is 4.79 Å². The zero-order valence-corrected chi connectivity index (χ0v) is 19.0. The van der Waals surface area contributed by atoms with Gasteiger partial charge in [0.15, 0.2) is 5.16 Å². The third-order valence-corrected chi connectivity index (χ3v) is 7.51. The summed E-state index contributed by atoms with van der Waals surface area (Å²) in [6.07, 6.45) is 5.99. The number of hydrogen-bond acceptors (Lipinski definition) is 7. The van der Waals surface area contributed by atoms with Crippen LogP contribution in [-0.4, -0.2) is 42.6 Å². The molecule has 0 radical (unpaired) electrons. The zero-order valence-electron chi connectivity index (χ0n) is 17.3. The van der Waals surface area contributed by atoms with E-state index >= 15 is 0 Å². The van der Waals surface area contributed by atoms with Crippen LogP contribution in [0.4, 0.5) is 5.82 Å². The van der Waals surface area contributed by atoms with E-state index in [1.807, 2.05) is 15.7 Å². The lowest BCUT2D eigenvalue weighted by Gasteiger charge is -2.27. The molecule has 1 aromatic carbocycles. The molecule has 7 nitrogen and oxygen atoms in total. The second-order valence-corrected chi connectivity index (χ2v) is 9.75. The van der Waals surface area contributed by atoms with E-state index in [0.717, 1.165) is 32.4 Å². The van der Waals surface area contributed by atoms with E-state index in [9.17, 15) is 4.79 Å². The Morgan fingerprint density at radius 3 is 2.81 bits per heavy atom. The Labute approximate surface area is 188 Å². The number of carbonyl (C=O) groups excluding carboxylic acids is 1. The van der Waals surface area contributed by atoms with Crippen molar-refractivity contribution in [3.63, 3.8) is 0 Å². The molecule has 0 unspecified atom stereocenters. The van der Waals surface area contributed by atoms with Crippen LogP contribution in [-0.2, 0) is 17.8 Å². The van der Waals surface area contributed by atoms with E-state index in [-0.39, 0.29) is 5.91 Å². The monoisotopic (exact) mass is 450 g/mol. The third kappa shape index (κ3) is 3.79. The number of fused-ring (bicyclic) bond motifs is 3. The summed E-state index contributed by atoms with van der Waals surface area (Å²) in [6, 6.07) is 6.40. The van der Waals surface area contributed by atoms with Gasteiger partial charge in [-0.1, -0.05) is 17.8 Å². The molecule has 4 aromatic rings.